The van der Waals surface area contributed by atoms with E-state index in [4.69, 9.17) is 22.1 Å². The molecule has 0 aromatic heterocycles. The number of nitrogens with two attached hydrogens (primary N) is 1. The van der Waals surface area contributed by atoms with Crippen LogP contribution in [-0.2, 0) is 13.1 Å². The second-order valence-corrected chi connectivity index (χ2v) is 5.70. The maximum atomic E-state index is 6.14. The van der Waals surface area contributed by atoms with Gasteiger partial charge in [0.2, 0.25) is 0 Å². The lowest BCUT2D eigenvalue weighted by atomic mass is 10.1. The van der Waals surface area contributed by atoms with Gasteiger partial charge in [-0.05, 0) is 36.2 Å². The number of benzene rings is 2. The summed E-state index contributed by atoms with van der Waals surface area (Å²) in [6.07, 6.45) is -0.170. The zero-order chi connectivity index (χ0) is 15.5. The highest BCUT2D eigenvalue weighted by Crippen LogP contribution is 2.32. The summed E-state index contributed by atoms with van der Waals surface area (Å²) in [5, 5.41) is 4.16. The molecule has 1 atom stereocenters. The van der Waals surface area contributed by atoms with E-state index in [0.29, 0.717) is 5.84 Å². The molecule has 0 amide bonds. The molecule has 0 spiro atoms. The van der Waals surface area contributed by atoms with E-state index < -0.39 is 0 Å². The molecule has 3 N–H and O–H groups in total. The van der Waals surface area contributed by atoms with Crippen molar-refractivity contribution in [2.45, 2.75) is 26.1 Å². The summed E-state index contributed by atoms with van der Waals surface area (Å²) in [6, 6.07) is 13.8. The molecule has 3 rings (SSSR count). The van der Waals surface area contributed by atoms with E-state index in [2.05, 4.69) is 10.3 Å². The molecule has 114 valence electrons. The number of nitrogens with zero attached hydrogens (tertiary/aromatic N) is 1. The fourth-order valence-corrected chi connectivity index (χ4v) is 2.53. The molecular formula is C17H18ClN3O. The first-order valence-corrected chi connectivity index (χ1v) is 7.59. The molecule has 1 unspecified atom stereocenters. The summed E-state index contributed by atoms with van der Waals surface area (Å²) in [6.45, 7) is 3.33. The lowest BCUT2D eigenvalue weighted by molar-refractivity contribution is 0.281. The second kappa shape index (κ2) is 6.38. The normalized spacial score (nSPS) is 16.6. The van der Waals surface area contributed by atoms with Crippen molar-refractivity contribution < 1.29 is 4.74 Å². The Labute approximate surface area is 135 Å². The monoisotopic (exact) mass is 315 g/mol. The smallest absolute Gasteiger partial charge is 0.153 e. The number of nitrogens with one attached hydrogen (secondary N) is 1. The number of hydrogen-bond donors (Lipinski definition) is 2. The Hall–Kier alpha value is -2.04. The predicted octanol–water partition coefficient (Wildman–Crippen LogP) is 3.40. The quantitative estimate of drug-likeness (QED) is 0.909. The van der Waals surface area contributed by atoms with Crippen LogP contribution >= 0.6 is 11.6 Å². The number of rotatable bonds is 4. The Morgan fingerprint density at radius 2 is 2.05 bits per heavy atom. The number of halogens is 1. The van der Waals surface area contributed by atoms with Gasteiger partial charge in [0, 0.05) is 18.1 Å². The van der Waals surface area contributed by atoms with Crippen LogP contribution in [0, 0.1) is 0 Å². The van der Waals surface area contributed by atoms with Crippen molar-refractivity contribution in [3.8, 4) is 5.75 Å². The third-order valence-corrected chi connectivity index (χ3v) is 3.96. The third-order valence-electron chi connectivity index (χ3n) is 3.60. The van der Waals surface area contributed by atoms with Crippen LogP contribution in [0.3, 0.4) is 0 Å². The lowest BCUT2D eigenvalue weighted by Crippen LogP contribution is -2.33. The van der Waals surface area contributed by atoms with E-state index in [1.165, 1.54) is 0 Å². The second-order valence-electron chi connectivity index (χ2n) is 5.29. The van der Waals surface area contributed by atoms with E-state index in [-0.39, 0.29) is 6.10 Å². The van der Waals surface area contributed by atoms with Gasteiger partial charge in [-0.25, -0.2) is 4.99 Å². The van der Waals surface area contributed by atoms with Gasteiger partial charge in [0.05, 0.1) is 0 Å². The van der Waals surface area contributed by atoms with Crippen LogP contribution in [-0.4, -0.2) is 11.9 Å². The zero-order valence-corrected chi connectivity index (χ0v) is 13.1. The minimum Gasteiger partial charge on any atom is -0.481 e. The molecule has 0 aliphatic carbocycles. The molecule has 22 heavy (non-hydrogen) atoms. The summed E-state index contributed by atoms with van der Waals surface area (Å²) >= 11 is 6.14. The Morgan fingerprint density at radius 3 is 2.86 bits per heavy atom. The minimum atomic E-state index is -0.170. The Kier molecular flexibility index (Phi) is 4.32. The van der Waals surface area contributed by atoms with Crippen molar-refractivity contribution in [1.82, 2.24) is 5.32 Å². The largest absolute Gasteiger partial charge is 0.481 e. The van der Waals surface area contributed by atoms with Crippen LogP contribution in [0.1, 0.15) is 18.1 Å². The van der Waals surface area contributed by atoms with Crippen molar-refractivity contribution in [3.05, 3.63) is 58.6 Å². The van der Waals surface area contributed by atoms with Crippen LogP contribution in [0.2, 0.25) is 5.02 Å². The van der Waals surface area contributed by atoms with Gasteiger partial charge in [-0.2, -0.15) is 0 Å². The zero-order valence-electron chi connectivity index (χ0n) is 12.3. The average molecular weight is 316 g/mol. The van der Waals surface area contributed by atoms with E-state index in [0.717, 1.165) is 40.7 Å². The average Bonchev–Trinajstić information content (AvgIpc) is 2.50. The van der Waals surface area contributed by atoms with Crippen LogP contribution in [0.5, 0.6) is 5.75 Å². The molecular weight excluding hydrogens is 298 g/mol. The summed E-state index contributed by atoms with van der Waals surface area (Å²) in [4.78, 5) is 4.39. The maximum Gasteiger partial charge on any atom is 0.153 e. The fourth-order valence-electron chi connectivity index (χ4n) is 2.32. The van der Waals surface area contributed by atoms with Crippen molar-refractivity contribution in [1.29, 1.82) is 0 Å². The standard InChI is InChI=1S/C17H18ClN3O/c1-11-17(19)21-15-8-12(6-7-16(15)22-11)9-20-10-13-4-2-3-5-14(13)18/h2-8,11,20H,9-10H2,1H3,(H2,19,21). The first-order valence-electron chi connectivity index (χ1n) is 7.21. The highest BCUT2D eigenvalue weighted by Gasteiger charge is 2.18. The SMILES string of the molecule is CC1Oc2ccc(CNCc3ccccc3Cl)cc2N=C1N. The Morgan fingerprint density at radius 1 is 1.23 bits per heavy atom. The number of aliphatic imine (C=N–C) groups is 1. The van der Waals surface area contributed by atoms with E-state index in [9.17, 15) is 0 Å². The molecule has 1 aliphatic rings. The summed E-state index contributed by atoms with van der Waals surface area (Å²) in [5.41, 5.74) is 8.83. The van der Waals surface area contributed by atoms with Crippen LogP contribution in [0.25, 0.3) is 0 Å². The molecule has 0 saturated carbocycles. The maximum absolute atomic E-state index is 6.14. The molecule has 1 heterocycles. The van der Waals surface area contributed by atoms with Gasteiger partial charge < -0.3 is 15.8 Å². The van der Waals surface area contributed by atoms with E-state index in [1.54, 1.807) is 0 Å². The fraction of sp³-hybridized carbons (Fsp3) is 0.235. The van der Waals surface area contributed by atoms with Crippen molar-refractivity contribution in [2.24, 2.45) is 10.7 Å². The molecule has 4 nitrogen and oxygen atoms in total. The van der Waals surface area contributed by atoms with Crippen LogP contribution in [0.15, 0.2) is 47.5 Å². The summed E-state index contributed by atoms with van der Waals surface area (Å²) in [5.74, 6) is 1.28. The number of amidine groups is 1. The molecule has 5 heteroatoms. The van der Waals surface area contributed by atoms with Gasteiger partial charge in [0.1, 0.15) is 17.3 Å². The molecule has 2 aromatic rings. The van der Waals surface area contributed by atoms with E-state index >= 15 is 0 Å². The highest BCUT2D eigenvalue weighted by atomic mass is 35.5. The van der Waals surface area contributed by atoms with Crippen LogP contribution < -0.4 is 15.8 Å². The van der Waals surface area contributed by atoms with Gasteiger partial charge in [0.25, 0.3) is 0 Å². The summed E-state index contributed by atoms with van der Waals surface area (Å²) in [7, 11) is 0. The third kappa shape index (κ3) is 3.24. The highest BCUT2D eigenvalue weighted by molar-refractivity contribution is 6.31. The molecule has 0 bridgehead atoms. The van der Waals surface area contributed by atoms with Gasteiger partial charge in [-0.15, -0.1) is 0 Å². The van der Waals surface area contributed by atoms with Gasteiger partial charge in [-0.1, -0.05) is 35.9 Å². The summed E-state index contributed by atoms with van der Waals surface area (Å²) < 4.78 is 5.69. The first kappa shape index (κ1) is 14.9. The van der Waals surface area contributed by atoms with Gasteiger partial charge in [-0.3, -0.25) is 0 Å². The van der Waals surface area contributed by atoms with Crippen molar-refractivity contribution in [3.63, 3.8) is 0 Å². The van der Waals surface area contributed by atoms with Gasteiger partial charge in [0.15, 0.2) is 6.10 Å². The molecule has 0 radical (unpaired) electrons. The minimum absolute atomic E-state index is 0.170. The first-order chi connectivity index (χ1) is 10.6. The Balaban J connectivity index is 1.66. The lowest BCUT2D eigenvalue weighted by Gasteiger charge is -2.21. The topological polar surface area (TPSA) is 59.6 Å². The number of ether oxygens (including phenoxy) is 1. The van der Waals surface area contributed by atoms with Crippen molar-refractivity contribution >= 4 is 23.1 Å². The van der Waals surface area contributed by atoms with Crippen molar-refractivity contribution in [2.75, 3.05) is 0 Å². The van der Waals surface area contributed by atoms with E-state index in [1.807, 2.05) is 49.4 Å². The Bertz CT molecular complexity index is 715. The van der Waals surface area contributed by atoms with Crippen LogP contribution in [0.4, 0.5) is 5.69 Å². The number of hydrogen-bond acceptors (Lipinski definition) is 4. The van der Waals surface area contributed by atoms with Gasteiger partial charge >= 0.3 is 0 Å². The predicted molar refractivity (Wildman–Crippen MR) is 89.8 cm³/mol. The molecule has 1 aliphatic heterocycles. The molecule has 0 fully saturated rings. The number of fused-ring (bicyclic) bond motifs is 1. The molecule has 2 aromatic carbocycles. The molecule has 0 saturated heterocycles.